The van der Waals surface area contributed by atoms with Crippen LogP contribution < -0.4 is 5.32 Å². The fourth-order valence-corrected chi connectivity index (χ4v) is 5.44. The van der Waals surface area contributed by atoms with Crippen LogP contribution in [0, 0.1) is 11.8 Å². The lowest BCUT2D eigenvalue weighted by atomic mass is 9.81. The van der Waals surface area contributed by atoms with Crippen LogP contribution in [0.1, 0.15) is 49.1 Å². The first kappa shape index (κ1) is 21.4. The number of imide groups is 1. The van der Waals surface area contributed by atoms with E-state index in [0.29, 0.717) is 6.54 Å². The van der Waals surface area contributed by atoms with E-state index in [1.54, 1.807) is 0 Å². The number of amides is 3. The highest BCUT2D eigenvalue weighted by Gasteiger charge is 2.47. The zero-order valence-corrected chi connectivity index (χ0v) is 18.6. The Hall–Kier alpha value is -3.41. The summed E-state index contributed by atoms with van der Waals surface area (Å²) in [5, 5.41) is 4.18. The summed E-state index contributed by atoms with van der Waals surface area (Å²) in [5.74, 6) is -0.662. The van der Waals surface area contributed by atoms with E-state index in [9.17, 15) is 14.4 Å². The summed E-state index contributed by atoms with van der Waals surface area (Å²) in [5.41, 5.74) is 3.31. The van der Waals surface area contributed by atoms with E-state index in [0.717, 1.165) is 47.7 Å². The van der Waals surface area contributed by atoms with Crippen LogP contribution in [0.25, 0.3) is 10.9 Å². The first-order valence-corrected chi connectivity index (χ1v) is 11.9. The molecule has 6 nitrogen and oxygen atoms in total. The van der Waals surface area contributed by atoms with Gasteiger partial charge in [-0.3, -0.25) is 19.3 Å². The van der Waals surface area contributed by atoms with Gasteiger partial charge in [0, 0.05) is 42.5 Å². The number of fused-ring (bicyclic) bond motifs is 2. The molecule has 6 heteroatoms. The van der Waals surface area contributed by atoms with Gasteiger partial charge >= 0.3 is 0 Å². The van der Waals surface area contributed by atoms with E-state index in [1.807, 2.05) is 42.6 Å². The van der Waals surface area contributed by atoms with Gasteiger partial charge in [0.25, 0.3) is 0 Å². The number of hydrogen-bond acceptors (Lipinski definition) is 3. The maximum absolute atomic E-state index is 12.7. The second kappa shape index (κ2) is 9.22. The number of aromatic nitrogens is 1. The van der Waals surface area contributed by atoms with Crippen molar-refractivity contribution in [3.8, 4) is 0 Å². The van der Waals surface area contributed by atoms with Crippen molar-refractivity contribution in [1.29, 1.82) is 0 Å². The van der Waals surface area contributed by atoms with E-state index < -0.39 is 0 Å². The Morgan fingerprint density at radius 2 is 1.64 bits per heavy atom. The summed E-state index contributed by atoms with van der Waals surface area (Å²) in [6, 6.07) is 18.3. The van der Waals surface area contributed by atoms with E-state index in [1.165, 1.54) is 4.90 Å². The summed E-state index contributed by atoms with van der Waals surface area (Å²) in [7, 11) is 0. The Balaban J connectivity index is 1.26. The molecule has 1 aliphatic heterocycles. The molecule has 0 radical (unpaired) electrons. The molecule has 1 aliphatic carbocycles. The van der Waals surface area contributed by atoms with E-state index in [4.69, 9.17) is 0 Å². The van der Waals surface area contributed by atoms with Crippen LogP contribution in [0.2, 0.25) is 0 Å². The number of H-pyrrole nitrogens is 1. The van der Waals surface area contributed by atoms with Gasteiger partial charge in [-0.2, -0.15) is 0 Å². The van der Waals surface area contributed by atoms with Crippen LogP contribution in [0.15, 0.2) is 60.8 Å². The van der Waals surface area contributed by atoms with Gasteiger partial charge in [0.1, 0.15) is 0 Å². The zero-order valence-electron chi connectivity index (χ0n) is 18.6. The van der Waals surface area contributed by atoms with Crippen molar-refractivity contribution in [1.82, 2.24) is 15.2 Å². The Bertz CT molecular complexity index is 1150. The van der Waals surface area contributed by atoms with Crippen molar-refractivity contribution in [3.63, 3.8) is 0 Å². The van der Waals surface area contributed by atoms with Gasteiger partial charge in [-0.25, -0.2) is 0 Å². The molecule has 2 aliphatic rings. The van der Waals surface area contributed by atoms with E-state index >= 15 is 0 Å². The van der Waals surface area contributed by atoms with Crippen molar-refractivity contribution in [2.45, 2.75) is 38.0 Å². The number of carbonyl (C=O) groups excluding carboxylic acids is 3. The normalized spacial score (nSPS) is 21.3. The maximum Gasteiger partial charge on any atom is 0.233 e. The van der Waals surface area contributed by atoms with Crippen molar-refractivity contribution < 1.29 is 14.4 Å². The minimum Gasteiger partial charge on any atom is -0.361 e. The molecule has 2 aromatic carbocycles. The van der Waals surface area contributed by atoms with Gasteiger partial charge in [0.05, 0.1) is 11.8 Å². The van der Waals surface area contributed by atoms with Crippen LogP contribution in [-0.2, 0) is 14.4 Å². The molecule has 0 spiro atoms. The first-order chi connectivity index (χ1) is 16.1. The van der Waals surface area contributed by atoms with Gasteiger partial charge in [-0.1, -0.05) is 61.4 Å². The lowest BCUT2D eigenvalue weighted by Gasteiger charge is -2.19. The third-order valence-corrected chi connectivity index (χ3v) is 7.20. The summed E-state index contributed by atoms with van der Waals surface area (Å²) >= 11 is 0. The molecule has 3 atom stereocenters. The van der Waals surface area contributed by atoms with Crippen LogP contribution in [0.3, 0.4) is 0 Å². The van der Waals surface area contributed by atoms with Crippen molar-refractivity contribution in [3.05, 3.63) is 71.9 Å². The predicted octanol–water partition coefficient (Wildman–Crippen LogP) is 3.98. The average molecular weight is 444 g/mol. The molecule has 1 saturated carbocycles. The number of nitrogens with zero attached hydrogens (tertiary/aromatic N) is 1. The number of likely N-dealkylation sites (tertiary alicyclic amines) is 1. The number of rotatable bonds is 7. The minimum atomic E-state index is -0.168. The summed E-state index contributed by atoms with van der Waals surface area (Å²) in [4.78, 5) is 42.7. The van der Waals surface area contributed by atoms with Crippen molar-refractivity contribution in [2.24, 2.45) is 11.8 Å². The van der Waals surface area contributed by atoms with E-state index in [-0.39, 0.29) is 48.4 Å². The smallest absolute Gasteiger partial charge is 0.233 e. The average Bonchev–Trinajstić information content (AvgIpc) is 3.38. The van der Waals surface area contributed by atoms with Crippen LogP contribution in [0.5, 0.6) is 0 Å². The van der Waals surface area contributed by atoms with Crippen molar-refractivity contribution in [2.75, 3.05) is 13.1 Å². The monoisotopic (exact) mass is 443 g/mol. The molecule has 33 heavy (non-hydrogen) atoms. The van der Waals surface area contributed by atoms with Gasteiger partial charge in [0.2, 0.25) is 17.7 Å². The van der Waals surface area contributed by atoms with E-state index in [2.05, 4.69) is 28.5 Å². The number of nitrogens with one attached hydrogen (secondary N) is 2. The third kappa shape index (κ3) is 4.17. The Morgan fingerprint density at radius 1 is 0.970 bits per heavy atom. The molecule has 0 bridgehead atoms. The molecular weight excluding hydrogens is 414 g/mol. The Morgan fingerprint density at radius 3 is 2.36 bits per heavy atom. The maximum atomic E-state index is 12.7. The fourth-order valence-electron chi connectivity index (χ4n) is 5.44. The molecule has 170 valence electrons. The molecule has 5 rings (SSSR count). The second-order valence-corrected chi connectivity index (χ2v) is 9.13. The van der Waals surface area contributed by atoms with Crippen molar-refractivity contribution >= 4 is 28.6 Å². The highest BCUT2D eigenvalue weighted by Crippen LogP contribution is 2.38. The van der Waals surface area contributed by atoms with Crippen LogP contribution in [0.4, 0.5) is 0 Å². The van der Waals surface area contributed by atoms with Gasteiger partial charge in [-0.15, -0.1) is 0 Å². The Labute approximate surface area is 193 Å². The number of benzene rings is 2. The van der Waals surface area contributed by atoms with Gasteiger partial charge in [0.15, 0.2) is 0 Å². The molecule has 3 unspecified atom stereocenters. The lowest BCUT2D eigenvalue weighted by molar-refractivity contribution is -0.140. The van der Waals surface area contributed by atoms with Gasteiger partial charge in [-0.05, 0) is 30.0 Å². The molecule has 3 amide bonds. The predicted molar refractivity (Wildman–Crippen MR) is 126 cm³/mol. The number of aromatic amines is 1. The summed E-state index contributed by atoms with van der Waals surface area (Å²) < 4.78 is 0. The molecule has 2 fully saturated rings. The number of para-hydroxylation sites is 1. The molecule has 3 aromatic rings. The molecule has 2 heterocycles. The van der Waals surface area contributed by atoms with Crippen LogP contribution in [-0.4, -0.2) is 40.7 Å². The number of hydrogen-bond donors (Lipinski definition) is 2. The summed E-state index contributed by atoms with van der Waals surface area (Å²) in [6.45, 7) is 0.609. The lowest BCUT2D eigenvalue weighted by Crippen LogP contribution is -2.36. The van der Waals surface area contributed by atoms with Gasteiger partial charge < -0.3 is 10.3 Å². The van der Waals surface area contributed by atoms with Crippen LogP contribution >= 0.6 is 0 Å². The molecular formula is C27H29N3O3. The quantitative estimate of drug-likeness (QED) is 0.542. The fraction of sp³-hybridized carbons (Fsp3) is 0.370. The number of carbonyl (C=O) groups is 3. The first-order valence-electron chi connectivity index (χ1n) is 11.9. The topological polar surface area (TPSA) is 82.3 Å². The SMILES string of the molecule is O=C(CCN1C(=O)C2CCCCC2C1=O)NCC(c1ccccc1)c1c[nH]c2ccccc12. The molecule has 1 aromatic heterocycles. The molecule has 2 N–H and O–H groups in total. The second-order valence-electron chi connectivity index (χ2n) is 9.13. The zero-order chi connectivity index (χ0) is 22.8. The highest BCUT2D eigenvalue weighted by molar-refractivity contribution is 6.05. The Kier molecular flexibility index (Phi) is 5.99. The summed E-state index contributed by atoms with van der Waals surface area (Å²) in [6.07, 6.45) is 5.74. The minimum absolute atomic E-state index is 0.00998. The largest absolute Gasteiger partial charge is 0.361 e. The molecule has 1 saturated heterocycles. The highest BCUT2D eigenvalue weighted by atomic mass is 16.2. The standard InChI is InChI=1S/C27H29N3O3/c31-25(14-15-30-26(32)20-11-4-5-12-21(20)27(30)33)29-16-22(18-8-2-1-3-9-18)23-17-28-24-13-7-6-10-19(23)24/h1-3,6-10,13,17,20-22,28H,4-5,11-12,14-16H2,(H,29,31). The third-order valence-electron chi connectivity index (χ3n) is 7.20.